The Morgan fingerprint density at radius 2 is 2.06 bits per heavy atom. The number of carboxylic acids is 1. The Morgan fingerprint density at radius 1 is 1.32 bits per heavy atom. The zero-order chi connectivity index (χ0) is 22.6. The van der Waals surface area contributed by atoms with Crippen molar-refractivity contribution in [2.24, 2.45) is 7.05 Å². The van der Waals surface area contributed by atoms with Gasteiger partial charge in [0.1, 0.15) is 0 Å². The highest BCUT2D eigenvalue weighted by atomic mass is 19.4. The lowest BCUT2D eigenvalue weighted by molar-refractivity contribution is -0.192. The van der Waals surface area contributed by atoms with Crippen molar-refractivity contribution in [3.63, 3.8) is 0 Å². The minimum atomic E-state index is -5.08. The van der Waals surface area contributed by atoms with Crippen LogP contribution in [0.15, 0.2) is 24.7 Å². The summed E-state index contributed by atoms with van der Waals surface area (Å²) in [4.78, 5) is 25.2. The second kappa shape index (κ2) is 9.50. The first kappa shape index (κ1) is 22.8. The van der Waals surface area contributed by atoms with Gasteiger partial charge in [-0.1, -0.05) is 0 Å². The summed E-state index contributed by atoms with van der Waals surface area (Å²) in [5, 5.41) is 15.9. The lowest BCUT2D eigenvalue weighted by Gasteiger charge is -2.34. The monoisotopic (exact) mass is 442 g/mol. The van der Waals surface area contributed by atoms with Gasteiger partial charge in [-0.3, -0.25) is 19.1 Å². The molecule has 4 heterocycles. The molecule has 1 N–H and O–H groups in total. The van der Waals surface area contributed by atoms with Crippen LogP contribution in [-0.4, -0.2) is 72.2 Å². The summed E-state index contributed by atoms with van der Waals surface area (Å²) in [6.07, 6.45) is 3.49. The predicted octanol–water partition coefficient (Wildman–Crippen LogP) is 1.82. The van der Waals surface area contributed by atoms with Crippen molar-refractivity contribution in [2.75, 3.05) is 19.6 Å². The Kier molecular flexibility index (Phi) is 6.98. The molecule has 2 aromatic heterocycles. The fourth-order valence-electron chi connectivity index (χ4n) is 3.86. The molecule has 9 nitrogen and oxygen atoms in total. The summed E-state index contributed by atoms with van der Waals surface area (Å²) in [5.74, 6) is -2.45. The van der Waals surface area contributed by atoms with Crippen molar-refractivity contribution in [2.45, 2.75) is 44.6 Å². The van der Waals surface area contributed by atoms with E-state index in [1.807, 2.05) is 29.0 Å². The van der Waals surface area contributed by atoms with E-state index in [9.17, 15) is 18.0 Å². The minimum absolute atomic E-state index is 0.304. The number of aliphatic carboxylic acids is 1. The first-order valence-corrected chi connectivity index (χ1v) is 9.93. The van der Waals surface area contributed by atoms with Crippen molar-refractivity contribution in [3.8, 4) is 0 Å². The van der Waals surface area contributed by atoms with E-state index in [1.165, 1.54) is 11.3 Å². The molecular weight excluding hydrogens is 417 g/mol. The molecule has 1 unspecified atom stereocenters. The molecule has 1 saturated heterocycles. The molecule has 4 rings (SSSR count). The first-order chi connectivity index (χ1) is 14.6. The number of rotatable bonds is 5. The number of carbonyl (C=O) groups excluding carboxylic acids is 1. The number of fused-ring (bicyclic) bond motifs is 1. The number of carboxylic acid groups (broad SMARTS) is 1. The second-order valence-electron chi connectivity index (χ2n) is 7.69. The highest BCUT2D eigenvalue weighted by molar-refractivity contribution is 5.78. The van der Waals surface area contributed by atoms with Crippen LogP contribution in [0, 0.1) is 0 Å². The number of hydrogen-bond acceptors (Lipinski definition) is 5. The van der Waals surface area contributed by atoms with E-state index in [0.29, 0.717) is 18.4 Å². The maximum Gasteiger partial charge on any atom is 0.490 e. The van der Waals surface area contributed by atoms with Gasteiger partial charge in [0, 0.05) is 64.1 Å². The van der Waals surface area contributed by atoms with Crippen LogP contribution in [0.4, 0.5) is 13.2 Å². The smallest absolute Gasteiger partial charge is 0.475 e. The van der Waals surface area contributed by atoms with E-state index in [0.717, 1.165) is 45.6 Å². The van der Waals surface area contributed by atoms with Gasteiger partial charge in [-0.2, -0.15) is 23.4 Å². The Morgan fingerprint density at radius 3 is 2.65 bits per heavy atom. The molecule has 0 aromatic carbocycles. The van der Waals surface area contributed by atoms with E-state index in [4.69, 9.17) is 9.90 Å². The standard InChI is InChI=1S/C17H24N6O.C2HF3O2/c1-20-10-14(9-19-20)11-21-12-15-4-6-18-23(15)16(13-21)5-8-22-7-2-3-17(22)24;3-2(4,5)1(6)7/h4,6,9-10,16H,2-3,5,7-8,11-13H2,1H3;(H,6,7). The molecule has 2 aliphatic rings. The lowest BCUT2D eigenvalue weighted by Crippen LogP contribution is -2.39. The number of carbonyl (C=O) groups is 2. The van der Waals surface area contributed by atoms with E-state index in [2.05, 4.69) is 32.0 Å². The summed E-state index contributed by atoms with van der Waals surface area (Å²) in [5.41, 5.74) is 2.49. The number of halogens is 3. The van der Waals surface area contributed by atoms with Crippen LogP contribution in [0.1, 0.15) is 36.6 Å². The number of alkyl halides is 3. The van der Waals surface area contributed by atoms with Crippen molar-refractivity contribution >= 4 is 11.9 Å². The molecule has 12 heteroatoms. The third kappa shape index (κ3) is 6.06. The maximum atomic E-state index is 11.8. The quantitative estimate of drug-likeness (QED) is 0.759. The van der Waals surface area contributed by atoms with Gasteiger partial charge in [-0.25, -0.2) is 4.79 Å². The highest BCUT2D eigenvalue weighted by Gasteiger charge is 2.38. The first-order valence-electron chi connectivity index (χ1n) is 9.93. The van der Waals surface area contributed by atoms with E-state index in [1.54, 1.807) is 0 Å². The number of amides is 1. The Hall–Kier alpha value is -2.89. The third-order valence-electron chi connectivity index (χ3n) is 5.26. The van der Waals surface area contributed by atoms with Gasteiger partial charge in [0.25, 0.3) is 0 Å². The van der Waals surface area contributed by atoms with Gasteiger partial charge in [-0.05, 0) is 18.9 Å². The lowest BCUT2D eigenvalue weighted by atomic mass is 10.1. The molecule has 1 atom stereocenters. The largest absolute Gasteiger partial charge is 0.490 e. The molecule has 0 radical (unpaired) electrons. The fraction of sp³-hybridized carbons (Fsp3) is 0.579. The predicted molar refractivity (Wildman–Crippen MR) is 103 cm³/mol. The van der Waals surface area contributed by atoms with Crippen LogP contribution < -0.4 is 0 Å². The molecule has 0 spiro atoms. The molecule has 1 amide bonds. The summed E-state index contributed by atoms with van der Waals surface area (Å²) in [6, 6.07) is 2.43. The Balaban J connectivity index is 0.000000339. The summed E-state index contributed by atoms with van der Waals surface area (Å²) < 4.78 is 35.7. The molecule has 2 aromatic rings. The van der Waals surface area contributed by atoms with Crippen LogP contribution in [-0.2, 0) is 29.7 Å². The van der Waals surface area contributed by atoms with Gasteiger partial charge in [0.05, 0.1) is 17.9 Å². The van der Waals surface area contributed by atoms with E-state index >= 15 is 0 Å². The van der Waals surface area contributed by atoms with E-state index < -0.39 is 12.1 Å². The highest BCUT2D eigenvalue weighted by Crippen LogP contribution is 2.25. The van der Waals surface area contributed by atoms with Crippen LogP contribution in [0.2, 0.25) is 0 Å². The van der Waals surface area contributed by atoms with Crippen LogP contribution in [0.5, 0.6) is 0 Å². The summed E-state index contributed by atoms with van der Waals surface area (Å²) in [6.45, 7) is 4.53. The third-order valence-corrected chi connectivity index (χ3v) is 5.26. The number of nitrogens with zero attached hydrogens (tertiary/aromatic N) is 6. The molecule has 0 aliphatic carbocycles. The molecule has 0 saturated carbocycles. The zero-order valence-corrected chi connectivity index (χ0v) is 17.1. The number of aromatic nitrogens is 4. The molecule has 170 valence electrons. The van der Waals surface area contributed by atoms with Crippen LogP contribution >= 0.6 is 0 Å². The van der Waals surface area contributed by atoms with E-state index in [-0.39, 0.29) is 0 Å². The average molecular weight is 442 g/mol. The van der Waals surface area contributed by atoms with Gasteiger partial charge >= 0.3 is 12.1 Å². The number of likely N-dealkylation sites (tertiary alicyclic amines) is 1. The van der Waals surface area contributed by atoms with Crippen LogP contribution in [0.25, 0.3) is 0 Å². The zero-order valence-electron chi connectivity index (χ0n) is 17.1. The number of aryl methyl sites for hydroxylation is 1. The topological polar surface area (TPSA) is 96.5 Å². The summed E-state index contributed by atoms with van der Waals surface area (Å²) >= 11 is 0. The van der Waals surface area contributed by atoms with Crippen LogP contribution in [0.3, 0.4) is 0 Å². The van der Waals surface area contributed by atoms with Gasteiger partial charge < -0.3 is 10.0 Å². The Bertz CT molecular complexity index is 910. The van der Waals surface area contributed by atoms with Gasteiger partial charge in [0.2, 0.25) is 5.91 Å². The normalized spacial score (nSPS) is 19.2. The van der Waals surface area contributed by atoms with Gasteiger partial charge in [-0.15, -0.1) is 0 Å². The molecule has 0 bridgehead atoms. The fourth-order valence-corrected chi connectivity index (χ4v) is 3.86. The molecule has 31 heavy (non-hydrogen) atoms. The van der Waals surface area contributed by atoms with Crippen molar-refractivity contribution in [3.05, 3.63) is 35.9 Å². The minimum Gasteiger partial charge on any atom is -0.475 e. The van der Waals surface area contributed by atoms with Crippen molar-refractivity contribution < 1.29 is 27.9 Å². The van der Waals surface area contributed by atoms with Crippen molar-refractivity contribution in [1.29, 1.82) is 0 Å². The molecular formula is C19H25F3N6O3. The SMILES string of the molecule is Cn1cc(CN2Cc3ccnn3C(CCN3CCCC3=O)C2)cn1.O=C(O)C(F)(F)F. The van der Waals surface area contributed by atoms with Gasteiger partial charge in [0.15, 0.2) is 0 Å². The number of hydrogen-bond donors (Lipinski definition) is 1. The molecule has 1 fully saturated rings. The second-order valence-corrected chi connectivity index (χ2v) is 7.69. The summed E-state index contributed by atoms with van der Waals surface area (Å²) in [7, 11) is 1.95. The average Bonchev–Trinajstić information content (AvgIpc) is 3.41. The van der Waals surface area contributed by atoms with Crippen molar-refractivity contribution in [1.82, 2.24) is 29.4 Å². The molecule has 2 aliphatic heterocycles. The Labute approximate surface area is 177 Å². The maximum absolute atomic E-state index is 11.8.